The van der Waals surface area contributed by atoms with Gasteiger partial charge in [-0.25, -0.2) is 0 Å². The maximum absolute atomic E-state index is 12.2. The van der Waals surface area contributed by atoms with Crippen molar-refractivity contribution in [3.8, 4) is 0 Å². The van der Waals surface area contributed by atoms with Crippen LogP contribution in [0.3, 0.4) is 0 Å². The van der Waals surface area contributed by atoms with E-state index in [1.54, 1.807) is 12.1 Å². The third-order valence-corrected chi connectivity index (χ3v) is 3.95. The highest BCUT2D eigenvalue weighted by molar-refractivity contribution is 6.07. The van der Waals surface area contributed by atoms with Crippen molar-refractivity contribution in [3.63, 3.8) is 0 Å². The van der Waals surface area contributed by atoms with E-state index in [1.807, 2.05) is 31.2 Å². The molecule has 2 aliphatic rings. The van der Waals surface area contributed by atoms with Gasteiger partial charge in [-0.2, -0.15) is 5.06 Å². The van der Waals surface area contributed by atoms with Crippen LogP contribution in [0.1, 0.15) is 17.2 Å². The Balaban J connectivity index is 2.00. The van der Waals surface area contributed by atoms with Crippen molar-refractivity contribution in [1.82, 2.24) is 9.96 Å². The number of amides is 2. The molecule has 1 aromatic carbocycles. The van der Waals surface area contributed by atoms with Gasteiger partial charge in [0.25, 0.3) is 5.91 Å². The van der Waals surface area contributed by atoms with E-state index in [1.165, 1.54) is 11.9 Å². The average Bonchev–Trinajstić information content (AvgIpc) is 2.83. The molecule has 2 aliphatic heterocycles. The highest BCUT2D eigenvalue weighted by Crippen LogP contribution is 2.43. The third-order valence-electron chi connectivity index (χ3n) is 3.95. The summed E-state index contributed by atoms with van der Waals surface area (Å²) in [5, 5.41) is 1.63. The van der Waals surface area contributed by atoms with Crippen molar-refractivity contribution < 1.29 is 14.4 Å². The first-order valence-electron chi connectivity index (χ1n) is 6.28. The van der Waals surface area contributed by atoms with Gasteiger partial charge < -0.3 is 0 Å². The van der Waals surface area contributed by atoms with Crippen LogP contribution >= 0.6 is 0 Å². The lowest BCUT2D eigenvalue weighted by Crippen LogP contribution is -2.33. The highest BCUT2D eigenvalue weighted by atomic mass is 16.7. The van der Waals surface area contributed by atoms with Crippen LogP contribution in [0.15, 0.2) is 24.3 Å². The van der Waals surface area contributed by atoms with Crippen LogP contribution in [-0.2, 0) is 14.4 Å². The molecule has 100 valence electrons. The van der Waals surface area contributed by atoms with E-state index in [9.17, 15) is 9.59 Å². The quantitative estimate of drug-likeness (QED) is 0.704. The number of benzene rings is 1. The van der Waals surface area contributed by atoms with Crippen LogP contribution < -0.4 is 0 Å². The number of carbonyl (C=O) groups excluding carboxylic acids is 2. The first kappa shape index (κ1) is 12.3. The molecule has 2 amide bonds. The Bertz CT molecular complexity index is 540. The van der Waals surface area contributed by atoms with Gasteiger partial charge in [-0.05, 0) is 12.5 Å². The summed E-state index contributed by atoms with van der Waals surface area (Å²) in [6, 6.07) is 7.77. The van der Waals surface area contributed by atoms with Crippen LogP contribution in [0.4, 0.5) is 0 Å². The van der Waals surface area contributed by atoms with Crippen LogP contribution in [0, 0.1) is 12.8 Å². The van der Waals surface area contributed by atoms with Crippen molar-refractivity contribution in [2.24, 2.45) is 5.92 Å². The Morgan fingerprint density at radius 3 is 2.32 bits per heavy atom. The minimum Gasteiger partial charge on any atom is -0.284 e. The minimum atomic E-state index is -0.672. The zero-order valence-corrected chi connectivity index (χ0v) is 11.2. The van der Waals surface area contributed by atoms with Gasteiger partial charge in [0.05, 0.1) is 12.0 Å². The topological polar surface area (TPSA) is 49.9 Å². The molecule has 0 bridgehead atoms. The van der Waals surface area contributed by atoms with E-state index < -0.39 is 12.0 Å². The molecule has 5 nitrogen and oxygen atoms in total. The molecule has 0 aromatic heterocycles. The zero-order valence-electron chi connectivity index (χ0n) is 11.2. The maximum atomic E-state index is 12.2. The summed E-state index contributed by atoms with van der Waals surface area (Å²) < 4.78 is 0. The first-order chi connectivity index (χ1) is 9.00. The number of hydroxylamine groups is 2. The summed E-state index contributed by atoms with van der Waals surface area (Å²) in [7, 11) is 3.28. The van der Waals surface area contributed by atoms with E-state index in [2.05, 4.69) is 0 Å². The Hall–Kier alpha value is -1.72. The second-order valence-electron chi connectivity index (χ2n) is 5.19. The number of hydrogen-bond acceptors (Lipinski definition) is 4. The molecule has 2 saturated heterocycles. The number of imide groups is 1. The van der Waals surface area contributed by atoms with Crippen LogP contribution in [0.2, 0.25) is 0 Å². The SMILES string of the molecule is Cc1ccc([C@@H]2[C@@H]3C(=O)N(C)C(=O)[C@@H]3ON2C)cc1. The van der Waals surface area contributed by atoms with Gasteiger partial charge in [0.15, 0.2) is 6.10 Å². The van der Waals surface area contributed by atoms with Gasteiger partial charge in [-0.3, -0.25) is 19.3 Å². The Morgan fingerprint density at radius 1 is 1.05 bits per heavy atom. The lowest BCUT2D eigenvalue weighted by Gasteiger charge is -2.22. The van der Waals surface area contributed by atoms with Crippen LogP contribution in [0.25, 0.3) is 0 Å². The number of likely N-dealkylation sites (N-methyl/N-ethyl adjacent to an activating group) is 1. The third kappa shape index (κ3) is 1.69. The summed E-state index contributed by atoms with van der Waals surface area (Å²) in [6.07, 6.45) is -0.672. The Morgan fingerprint density at radius 2 is 1.68 bits per heavy atom. The summed E-state index contributed by atoms with van der Waals surface area (Å²) in [4.78, 5) is 30.8. The monoisotopic (exact) mass is 260 g/mol. The van der Waals surface area contributed by atoms with E-state index in [0.29, 0.717) is 0 Å². The Labute approximate surface area is 111 Å². The molecule has 19 heavy (non-hydrogen) atoms. The summed E-state index contributed by atoms with van der Waals surface area (Å²) >= 11 is 0. The molecule has 2 heterocycles. The standard InChI is InChI=1S/C14H16N2O3/c1-8-4-6-9(7-5-8)11-10-12(19-16(11)3)14(18)15(2)13(10)17/h4-7,10-12H,1-3H3/t10-,11+,12+/m0/s1. The van der Waals surface area contributed by atoms with Crippen LogP contribution in [-0.4, -0.2) is 42.0 Å². The molecule has 1 aromatic rings. The fraction of sp³-hybridized carbons (Fsp3) is 0.429. The molecule has 0 saturated carbocycles. The van der Waals surface area contributed by atoms with E-state index >= 15 is 0 Å². The minimum absolute atomic E-state index is 0.162. The molecule has 0 N–H and O–H groups in total. The fourth-order valence-electron chi connectivity index (χ4n) is 2.87. The molecular formula is C14H16N2O3. The normalized spacial score (nSPS) is 31.1. The predicted molar refractivity (Wildman–Crippen MR) is 67.8 cm³/mol. The van der Waals surface area contributed by atoms with E-state index in [0.717, 1.165) is 11.1 Å². The number of aryl methyl sites for hydroxylation is 1. The fourth-order valence-corrected chi connectivity index (χ4v) is 2.87. The first-order valence-corrected chi connectivity index (χ1v) is 6.28. The molecule has 3 atom stereocenters. The van der Waals surface area contributed by atoms with Gasteiger partial charge in [0, 0.05) is 14.1 Å². The summed E-state index contributed by atoms with van der Waals surface area (Å²) in [5.41, 5.74) is 2.16. The lowest BCUT2D eigenvalue weighted by atomic mass is 9.90. The number of fused-ring (bicyclic) bond motifs is 1. The second kappa shape index (κ2) is 4.15. The molecule has 5 heteroatoms. The largest absolute Gasteiger partial charge is 0.284 e. The molecule has 0 radical (unpaired) electrons. The van der Waals surface area contributed by atoms with E-state index in [-0.39, 0.29) is 17.9 Å². The van der Waals surface area contributed by atoms with Gasteiger partial charge in [-0.15, -0.1) is 0 Å². The molecule has 0 unspecified atom stereocenters. The Kier molecular flexibility index (Phi) is 2.69. The van der Waals surface area contributed by atoms with Crippen molar-refractivity contribution >= 4 is 11.8 Å². The van der Waals surface area contributed by atoms with Crippen molar-refractivity contribution in [2.75, 3.05) is 14.1 Å². The van der Waals surface area contributed by atoms with Crippen LogP contribution in [0.5, 0.6) is 0 Å². The van der Waals surface area contributed by atoms with Crippen molar-refractivity contribution in [3.05, 3.63) is 35.4 Å². The van der Waals surface area contributed by atoms with Crippen molar-refractivity contribution in [2.45, 2.75) is 19.1 Å². The summed E-state index contributed by atoms with van der Waals surface area (Å²) in [6.45, 7) is 2.01. The second-order valence-corrected chi connectivity index (χ2v) is 5.19. The number of nitrogens with zero attached hydrogens (tertiary/aromatic N) is 2. The maximum Gasteiger partial charge on any atom is 0.261 e. The van der Waals surface area contributed by atoms with Crippen molar-refractivity contribution in [1.29, 1.82) is 0 Å². The molecule has 2 fully saturated rings. The molecule has 0 aliphatic carbocycles. The molecule has 0 spiro atoms. The number of hydrogen-bond donors (Lipinski definition) is 0. The van der Waals surface area contributed by atoms with E-state index in [4.69, 9.17) is 4.84 Å². The molecule has 3 rings (SSSR count). The zero-order chi connectivity index (χ0) is 13.7. The lowest BCUT2D eigenvalue weighted by molar-refractivity contribution is -0.168. The number of rotatable bonds is 1. The predicted octanol–water partition coefficient (Wildman–Crippen LogP) is 0.897. The van der Waals surface area contributed by atoms with Gasteiger partial charge in [0.2, 0.25) is 5.91 Å². The van der Waals surface area contributed by atoms with Gasteiger partial charge in [-0.1, -0.05) is 29.8 Å². The van der Waals surface area contributed by atoms with Gasteiger partial charge >= 0.3 is 0 Å². The molecular weight excluding hydrogens is 244 g/mol. The highest BCUT2D eigenvalue weighted by Gasteiger charge is 2.57. The van der Waals surface area contributed by atoms with Gasteiger partial charge in [0.1, 0.15) is 0 Å². The summed E-state index contributed by atoms with van der Waals surface area (Å²) in [5.74, 6) is -0.855. The number of likely N-dealkylation sites (tertiary alicyclic amines) is 1. The average molecular weight is 260 g/mol. The number of carbonyl (C=O) groups is 2. The smallest absolute Gasteiger partial charge is 0.261 e.